The van der Waals surface area contributed by atoms with Crippen LogP contribution in [-0.2, 0) is 4.79 Å². The van der Waals surface area contributed by atoms with Gasteiger partial charge in [0.1, 0.15) is 11.6 Å². The fraction of sp³-hybridized carbons (Fsp3) is 0.350. The maximum Gasteiger partial charge on any atom is 0.261 e. The molecule has 0 unspecified atom stereocenters. The van der Waals surface area contributed by atoms with Gasteiger partial charge in [0.25, 0.3) is 5.91 Å². The van der Waals surface area contributed by atoms with Gasteiger partial charge in [0, 0.05) is 0 Å². The molecule has 24 heavy (non-hydrogen) atoms. The molecule has 0 aliphatic heterocycles. The second-order valence-electron chi connectivity index (χ2n) is 5.85. The molecule has 0 aromatic heterocycles. The number of ether oxygens (including phenoxy) is 1. The van der Waals surface area contributed by atoms with Gasteiger partial charge in [0.15, 0.2) is 6.10 Å². The summed E-state index contributed by atoms with van der Waals surface area (Å²) in [6, 6.07) is 13.8. The van der Waals surface area contributed by atoms with Gasteiger partial charge in [0.05, 0.1) is 6.04 Å². The Labute approximate surface area is 142 Å². The summed E-state index contributed by atoms with van der Waals surface area (Å²) in [5.74, 6) is 0.00121. The number of rotatable bonds is 7. The van der Waals surface area contributed by atoms with Crippen molar-refractivity contribution in [1.29, 1.82) is 0 Å². The Morgan fingerprint density at radius 3 is 2.21 bits per heavy atom. The summed E-state index contributed by atoms with van der Waals surface area (Å²) in [6.07, 6.45) is 0.727. The lowest BCUT2D eigenvalue weighted by Crippen LogP contribution is -2.39. The van der Waals surface area contributed by atoms with Gasteiger partial charge in [0.2, 0.25) is 0 Å². The normalized spacial score (nSPS) is 13.2. The third-order valence-electron chi connectivity index (χ3n) is 3.96. The monoisotopic (exact) mass is 329 g/mol. The predicted molar refractivity (Wildman–Crippen MR) is 93.5 cm³/mol. The molecule has 0 aliphatic carbocycles. The van der Waals surface area contributed by atoms with Crippen molar-refractivity contribution in [3.8, 4) is 5.75 Å². The standard InChI is InChI=1S/C20H24FNO2/c1-4-18(15-8-6-14(3)7-9-15)22-20(23)19(5-2)24-17-12-10-16(21)11-13-17/h6-13,18-19H,4-5H2,1-3H3,(H,22,23)/t18-,19+/m0/s1. The highest BCUT2D eigenvalue weighted by Gasteiger charge is 2.21. The molecule has 1 N–H and O–H groups in total. The van der Waals surface area contributed by atoms with E-state index in [-0.39, 0.29) is 17.8 Å². The number of nitrogens with one attached hydrogen (secondary N) is 1. The van der Waals surface area contributed by atoms with Crippen molar-refractivity contribution < 1.29 is 13.9 Å². The Bertz CT molecular complexity index is 652. The van der Waals surface area contributed by atoms with Gasteiger partial charge >= 0.3 is 0 Å². The number of amides is 1. The van der Waals surface area contributed by atoms with Crippen LogP contribution in [0.4, 0.5) is 4.39 Å². The molecule has 1 amide bonds. The van der Waals surface area contributed by atoms with Crippen LogP contribution in [0, 0.1) is 12.7 Å². The molecule has 2 atom stereocenters. The number of carbonyl (C=O) groups excluding carboxylic acids is 1. The van der Waals surface area contributed by atoms with Crippen LogP contribution < -0.4 is 10.1 Å². The first-order valence-electron chi connectivity index (χ1n) is 8.32. The van der Waals surface area contributed by atoms with Crippen LogP contribution in [0.1, 0.15) is 43.9 Å². The first-order valence-corrected chi connectivity index (χ1v) is 8.32. The van der Waals surface area contributed by atoms with E-state index in [4.69, 9.17) is 4.74 Å². The maximum absolute atomic E-state index is 13.0. The zero-order valence-electron chi connectivity index (χ0n) is 14.4. The van der Waals surface area contributed by atoms with Crippen LogP contribution in [-0.4, -0.2) is 12.0 Å². The minimum absolute atomic E-state index is 0.0519. The Morgan fingerprint density at radius 2 is 1.67 bits per heavy atom. The summed E-state index contributed by atoms with van der Waals surface area (Å²) in [4.78, 5) is 12.5. The van der Waals surface area contributed by atoms with Gasteiger partial charge < -0.3 is 10.1 Å². The van der Waals surface area contributed by atoms with E-state index in [2.05, 4.69) is 5.32 Å². The predicted octanol–water partition coefficient (Wildman–Crippen LogP) is 4.56. The molecule has 0 saturated carbocycles. The summed E-state index contributed by atoms with van der Waals surface area (Å²) >= 11 is 0. The van der Waals surface area contributed by atoms with E-state index in [1.54, 1.807) is 0 Å². The van der Waals surface area contributed by atoms with Crippen LogP contribution in [0.25, 0.3) is 0 Å². The summed E-state index contributed by atoms with van der Waals surface area (Å²) in [5.41, 5.74) is 2.26. The van der Waals surface area contributed by atoms with Gasteiger partial charge in [-0.15, -0.1) is 0 Å². The molecule has 0 radical (unpaired) electrons. The minimum Gasteiger partial charge on any atom is -0.481 e. The highest BCUT2D eigenvalue weighted by atomic mass is 19.1. The molecule has 2 aromatic carbocycles. The molecular formula is C20H24FNO2. The van der Waals surface area contributed by atoms with Crippen molar-refractivity contribution in [3.05, 3.63) is 65.5 Å². The van der Waals surface area contributed by atoms with Gasteiger partial charge in [-0.25, -0.2) is 4.39 Å². The average molecular weight is 329 g/mol. The Morgan fingerprint density at radius 1 is 1.04 bits per heavy atom. The van der Waals surface area contributed by atoms with Crippen molar-refractivity contribution in [2.24, 2.45) is 0 Å². The molecule has 2 rings (SSSR count). The first-order chi connectivity index (χ1) is 11.5. The number of aryl methyl sites for hydroxylation is 1. The van der Waals surface area contributed by atoms with Crippen molar-refractivity contribution in [3.63, 3.8) is 0 Å². The molecule has 4 heteroatoms. The summed E-state index contributed by atoms with van der Waals surface area (Å²) in [6.45, 7) is 5.96. The van der Waals surface area contributed by atoms with Crippen LogP contribution in [0.2, 0.25) is 0 Å². The zero-order chi connectivity index (χ0) is 17.5. The maximum atomic E-state index is 13.0. The fourth-order valence-corrected chi connectivity index (χ4v) is 2.48. The topological polar surface area (TPSA) is 38.3 Å². The van der Waals surface area contributed by atoms with Crippen molar-refractivity contribution >= 4 is 5.91 Å². The van der Waals surface area contributed by atoms with Crippen molar-refractivity contribution in [1.82, 2.24) is 5.32 Å². The molecular weight excluding hydrogens is 305 g/mol. The molecule has 128 valence electrons. The van der Waals surface area contributed by atoms with Crippen LogP contribution in [0.5, 0.6) is 5.75 Å². The molecule has 3 nitrogen and oxygen atoms in total. The third-order valence-corrected chi connectivity index (χ3v) is 3.96. The number of carbonyl (C=O) groups is 1. The average Bonchev–Trinajstić information content (AvgIpc) is 2.59. The molecule has 0 saturated heterocycles. The zero-order valence-corrected chi connectivity index (χ0v) is 14.4. The van der Waals surface area contributed by atoms with E-state index in [1.807, 2.05) is 45.0 Å². The Kier molecular flexibility index (Phi) is 6.36. The fourth-order valence-electron chi connectivity index (χ4n) is 2.48. The highest BCUT2D eigenvalue weighted by Crippen LogP contribution is 2.19. The van der Waals surface area contributed by atoms with E-state index in [0.29, 0.717) is 12.2 Å². The molecule has 0 fully saturated rings. The van der Waals surface area contributed by atoms with Crippen molar-refractivity contribution in [2.45, 2.75) is 45.8 Å². The minimum atomic E-state index is -0.602. The van der Waals surface area contributed by atoms with E-state index in [1.165, 1.54) is 29.8 Å². The lowest BCUT2D eigenvalue weighted by Gasteiger charge is -2.22. The van der Waals surface area contributed by atoms with Crippen LogP contribution >= 0.6 is 0 Å². The first kappa shape index (κ1) is 18.0. The van der Waals surface area contributed by atoms with E-state index >= 15 is 0 Å². The lowest BCUT2D eigenvalue weighted by atomic mass is 10.0. The van der Waals surface area contributed by atoms with E-state index < -0.39 is 6.10 Å². The van der Waals surface area contributed by atoms with Gasteiger partial charge in [-0.05, 0) is 49.6 Å². The van der Waals surface area contributed by atoms with Crippen molar-refractivity contribution in [2.75, 3.05) is 0 Å². The van der Waals surface area contributed by atoms with Crippen LogP contribution in [0.3, 0.4) is 0 Å². The number of halogens is 1. The van der Waals surface area contributed by atoms with Gasteiger partial charge in [-0.1, -0.05) is 43.7 Å². The number of hydrogen-bond acceptors (Lipinski definition) is 2. The molecule has 0 bridgehead atoms. The molecule has 0 spiro atoms. The lowest BCUT2D eigenvalue weighted by molar-refractivity contribution is -0.128. The van der Waals surface area contributed by atoms with E-state index in [0.717, 1.165) is 12.0 Å². The smallest absolute Gasteiger partial charge is 0.261 e. The second-order valence-corrected chi connectivity index (χ2v) is 5.85. The van der Waals surface area contributed by atoms with Gasteiger partial charge in [-0.2, -0.15) is 0 Å². The summed E-state index contributed by atoms with van der Waals surface area (Å²) in [5, 5.41) is 3.05. The summed E-state index contributed by atoms with van der Waals surface area (Å²) < 4.78 is 18.7. The second kappa shape index (κ2) is 8.48. The molecule has 0 aliphatic rings. The number of hydrogen-bond donors (Lipinski definition) is 1. The highest BCUT2D eigenvalue weighted by molar-refractivity contribution is 5.81. The van der Waals surface area contributed by atoms with Crippen LogP contribution in [0.15, 0.2) is 48.5 Å². The van der Waals surface area contributed by atoms with Gasteiger partial charge in [-0.3, -0.25) is 4.79 Å². The summed E-state index contributed by atoms with van der Waals surface area (Å²) in [7, 11) is 0. The Balaban J connectivity index is 2.04. The quantitative estimate of drug-likeness (QED) is 0.809. The SMILES string of the molecule is CC[C@H](NC(=O)[C@@H](CC)Oc1ccc(F)cc1)c1ccc(C)cc1. The Hall–Kier alpha value is -2.36. The van der Waals surface area contributed by atoms with E-state index in [9.17, 15) is 9.18 Å². The largest absolute Gasteiger partial charge is 0.481 e. The third kappa shape index (κ3) is 4.82. The molecule has 2 aromatic rings. The molecule has 0 heterocycles. The number of benzene rings is 2.